The highest BCUT2D eigenvalue weighted by Crippen LogP contribution is 2.29. The van der Waals surface area contributed by atoms with Crippen molar-refractivity contribution in [3.63, 3.8) is 0 Å². The van der Waals surface area contributed by atoms with E-state index in [2.05, 4.69) is 22.8 Å². The largest absolute Gasteiger partial charge is 0.497 e. The average molecular weight is 220 g/mol. The van der Waals surface area contributed by atoms with Gasteiger partial charge < -0.3 is 15.4 Å². The van der Waals surface area contributed by atoms with Crippen LogP contribution in [-0.4, -0.2) is 27.2 Å². The molecule has 1 saturated heterocycles. The first-order chi connectivity index (χ1) is 7.80. The number of ether oxygens (including phenoxy) is 1. The molecule has 0 aliphatic carbocycles. The Morgan fingerprint density at radius 2 is 2.06 bits per heavy atom. The highest BCUT2D eigenvalue weighted by molar-refractivity contribution is 5.32. The van der Waals surface area contributed by atoms with Crippen molar-refractivity contribution in [2.45, 2.75) is 18.4 Å². The molecule has 3 nitrogen and oxygen atoms in total. The smallest absolute Gasteiger partial charge is 0.118 e. The molecule has 1 unspecified atom stereocenters. The Hall–Kier alpha value is -1.06. The third-order valence-corrected chi connectivity index (χ3v) is 3.51. The second-order valence-corrected chi connectivity index (χ2v) is 4.34. The summed E-state index contributed by atoms with van der Waals surface area (Å²) in [7, 11) is 3.74. The molecular formula is C13H20N2O. The summed E-state index contributed by atoms with van der Waals surface area (Å²) >= 11 is 0. The van der Waals surface area contributed by atoms with Crippen molar-refractivity contribution in [3.8, 4) is 5.75 Å². The Bertz CT molecular complexity index is 328. The van der Waals surface area contributed by atoms with Crippen LogP contribution in [0.3, 0.4) is 0 Å². The zero-order valence-corrected chi connectivity index (χ0v) is 10.0. The van der Waals surface area contributed by atoms with Crippen molar-refractivity contribution >= 4 is 0 Å². The average Bonchev–Trinajstić information content (AvgIpc) is 2.39. The molecule has 1 atom stereocenters. The van der Waals surface area contributed by atoms with Crippen LogP contribution in [0.5, 0.6) is 5.75 Å². The maximum Gasteiger partial charge on any atom is 0.118 e. The summed E-state index contributed by atoms with van der Waals surface area (Å²) in [5.74, 6) is 0.916. The summed E-state index contributed by atoms with van der Waals surface area (Å²) in [6.45, 7) is 2.12. The molecule has 1 aromatic rings. The van der Waals surface area contributed by atoms with Gasteiger partial charge >= 0.3 is 0 Å². The standard InChI is InChI=1S/C13H20N2O/c1-14-13(8-3-9-15-10-13)11-4-6-12(16-2)7-5-11/h4-7,14-15H,3,8-10H2,1-2H3. The van der Waals surface area contributed by atoms with Gasteiger partial charge in [0.05, 0.1) is 12.6 Å². The fraction of sp³-hybridized carbons (Fsp3) is 0.538. The quantitative estimate of drug-likeness (QED) is 0.810. The monoisotopic (exact) mass is 220 g/mol. The Morgan fingerprint density at radius 1 is 1.31 bits per heavy atom. The molecule has 0 radical (unpaired) electrons. The zero-order chi connectivity index (χ0) is 11.4. The summed E-state index contributed by atoms with van der Waals surface area (Å²) in [5.41, 5.74) is 1.42. The predicted octanol–water partition coefficient (Wildman–Crippen LogP) is 1.49. The van der Waals surface area contributed by atoms with Gasteiger partial charge in [-0.2, -0.15) is 0 Å². The van der Waals surface area contributed by atoms with E-state index in [1.54, 1.807) is 7.11 Å². The number of benzene rings is 1. The molecular weight excluding hydrogens is 200 g/mol. The molecule has 0 bridgehead atoms. The van der Waals surface area contributed by atoms with Gasteiger partial charge in [-0.05, 0) is 44.1 Å². The lowest BCUT2D eigenvalue weighted by molar-refractivity contribution is 0.269. The van der Waals surface area contributed by atoms with Crippen LogP contribution in [0, 0.1) is 0 Å². The lowest BCUT2D eigenvalue weighted by Crippen LogP contribution is -2.51. The van der Waals surface area contributed by atoms with Gasteiger partial charge in [0.15, 0.2) is 0 Å². The molecule has 0 saturated carbocycles. The van der Waals surface area contributed by atoms with Crippen LogP contribution >= 0.6 is 0 Å². The molecule has 0 amide bonds. The van der Waals surface area contributed by atoms with Gasteiger partial charge in [-0.15, -0.1) is 0 Å². The van der Waals surface area contributed by atoms with Crippen LogP contribution in [0.4, 0.5) is 0 Å². The van der Waals surface area contributed by atoms with Crippen LogP contribution in [0.25, 0.3) is 0 Å². The van der Waals surface area contributed by atoms with Crippen molar-refractivity contribution in [1.29, 1.82) is 0 Å². The third kappa shape index (κ3) is 2.06. The topological polar surface area (TPSA) is 33.3 Å². The predicted molar refractivity (Wildman–Crippen MR) is 65.8 cm³/mol. The first kappa shape index (κ1) is 11.4. The molecule has 2 N–H and O–H groups in total. The van der Waals surface area contributed by atoms with Crippen molar-refractivity contribution in [3.05, 3.63) is 29.8 Å². The normalized spacial score (nSPS) is 25.4. The summed E-state index contributed by atoms with van der Waals surface area (Å²) in [6, 6.07) is 8.37. The molecule has 1 heterocycles. The molecule has 1 aliphatic heterocycles. The Kier molecular flexibility index (Phi) is 3.46. The van der Waals surface area contributed by atoms with Crippen molar-refractivity contribution in [1.82, 2.24) is 10.6 Å². The maximum atomic E-state index is 5.19. The molecule has 88 valence electrons. The first-order valence-corrected chi connectivity index (χ1v) is 5.85. The van der Waals surface area contributed by atoms with Gasteiger partial charge in [-0.3, -0.25) is 0 Å². The van der Waals surface area contributed by atoms with Gasteiger partial charge in [0, 0.05) is 6.54 Å². The van der Waals surface area contributed by atoms with Crippen molar-refractivity contribution in [2.24, 2.45) is 0 Å². The molecule has 2 rings (SSSR count). The van der Waals surface area contributed by atoms with E-state index >= 15 is 0 Å². The van der Waals surface area contributed by atoms with Gasteiger partial charge in [0.25, 0.3) is 0 Å². The van der Waals surface area contributed by atoms with Gasteiger partial charge in [0.2, 0.25) is 0 Å². The molecule has 1 fully saturated rings. The van der Waals surface area contributed by atoms with E-state index < -0.39 is 0 Å². The van der Waals surface area contributed by atoms with E-state index in [1.165, 1.54) is 18.4 Å². The number of hydrogen-bond acceptors (Lipinski definition) is 3. The minimum atomic E-state index is 0.0878. The Morgan fingerprint density at radius 3 is 2.56 bits per heavy atom. The van der Waals surface area contributed by atoms with E-state index in [0.717, 1.165) is 18.8 Å². The van der Waals surface area contributed by atoms with Gasteiger partial charge in [-0.25, -0.2) is 0 Å². The molecule has 16 heavy (non-hydrogen) atoms. The molecule has 1 aliphatic rings. The number of piperidine rings is 1. The molecule has 1 aromatic carbocycles. The summed E-state index contributed by atoms with van der Waals surface area (Å²) in [5, 5.41) is 6.93. The minimum Gasteiger partial charge on any atom is -0.497 e. The number of hydrogen-bond donors (Lipinski definition) is 2. The fourth-order valence-corrected chi connectivity index (χ4v) is 2.42. The van der Waals surface area contributed by atoms with Gasteiger partial charge in [0.1, 0.15) is 5.75 Å². The zero-order valence-electron chi connectivity index (χ0n) is 10.0. The second-order valence-electron chi connectivity index (χ2n) is 4.34. The number of nitrogens with one attached hydrogen (secondary N) is 2. The lowest BCUT2D eigenvalue weighted by atomic mass is 9.83. The Balaban J connectivity index is 2.24. The number of rotatable bonds is 3. The van der Waals surface area contributed by atoms with Gasteiger partial charge in [-0.1, -0.05) is 12.1 Å². The van der Waals surface area contributed by atoms with Crippen molar-refractivity contribution in [2.75, 3.05) is 27.2 Å². The fourth-order valence-electron chi connectivity index (χ4n) is 2.42. The summed E-state index contributed by atoms with van der Waals surface area (Å²) < 4.78 is 5.19. The maximum absolute atomic E-state index is 5.19. The molecule has 3 heteroatoms. The molecule has 0 aromatic heterocycles. The third-order valence-electron chi connectivity index (χ3n) is 3.51. The van der Waals surface area contributed by atoms with Crippen LogP contribution < -0.4 is 15.4 Å². The van der Waals surface area contributed by atoms with Crippen LogP contribution in [-0.2, 0) is 5.54 Å². The number of likely N-dealkylation sites (N-methyl/N-ethyl adjacent to an activating group) is 1. The van der Waals surface area contributed by atoms with Crippen LogP contribution in [0.15, 0.2) is 24.3 Å². The Labute approximate surface area is 97.2 Å². The summed E-state index contributed by atoms with van der Waals surface area (Å²) in [6.07, 6.45) is 2.40. The first-order valence-electron chi connectivity index (χ1n) is 5.85. The van der Waals surface area contributed by atoms with E-state index in [1.807, 2.05) is 19.2 Å². The van der Waals surface area contributed by atoms with E-state index in [4.69, 9.17) is 4.74 Å². The second kappa shape index (κ2) is 4.85. The van der Waals surface area contributed by atoms with E-state index in [9.17, 15) is 0 Å². The highest BCUT2D eigenvalue weighted by atomic mass is 16.5. The van der Waals surface area contributed by atoms with Crippen molar-refractivity contribution < 1.29 is 4.74 Å². The summed E-state index contributed by atoms with van der Waals surface area (Å²) in [4.78, 5) is 0. The lowest BCUT2D eigenvalue weighted by Gasteiger charge is -2.38. The highest BCUT2D eigenvalue weighted by Gasteiger charge is 2.31. The van der Waals surface area contributed by atoms with E-state index in [0.29, 0.717) is 0 Å². The minimum absolute atomic E-state index is 0.0878. The number of methoxy groups -OCH3 is 1. The van der Waals surface area contributed by atoms with Crippen LogP contribution in [0.1, 0.15) is 18.4 Å². The van der Waals surface area contributed by atoms with Crippen LogP contribution in [0.2, 0.25) is 0 Å². The van der Waals surface area contributed by atoms with E-state index in [-0.39, 0.29) is 5.54 Å². The molecule has 0 spiro atoms. The SMILES string of the molecule is CNC1(c2ccc(OC)cc2)CCCNC1.